The van der Waals surface area contributed by atoms with Crippen LogP contribution in [0.5, 0.6) is 0 Å². The zero-order chi connectivity index (χ0) is 37.0. The van der Waals surface area contributed by atoms with E-state index in [0.717, 1.165) is 10.9 Å². The lowest BCUT2D eigenvalue weighted by Gasteiger charge is -2.25. The molecule has 0 aliphatic rings. The molecule has 0 spiro atoms. The average molecular weight is 695 g/mol. The summed E-state index contributed by atoms with van der Waals surface area (Å²) < 4.78 is 0. The van der Waals surface area contributed by atoms with Crippen molar-refractivity contribution in [2.75, 3.05) is 6.61 Å². The Hall–Kier alpha value is -5.81. The fourth-order valence-electron chi connectivity index (χ4n) is 4.88. The van der Waals surface area contributed by atoms with Crippen molar-refractivity contribution >= 4 is 52.3 Å². The molecule has 268 valence electrons. The van der Waals surface area contributed by atoms with Crippen molar-refractivity contribution in [3.8, 4) is 0 Å². The number of para-hydroxylation sites is 1. The number of rotatable bonds is 18. The van der Waals surface area contributed by atoms with E-state index < -0.39 is 90.7 Å². The van der Waals surface area contributed by atoms with Crippen molar-refractivity contribution in [2.24, 2.45) is 11.5 Å². The van der Waals surface area contributed by atoms with Gasteiger partial charge in [-0.1, -0.05) is 48.5 Å². The number of nitrogens with one attached hydrogen (secondary N) is 6. The van der Waals surface area contributed by atoms with Gasteiger partial charge in [-0.3, -0.25) is 33.6 Å². The van der Waals surface area contributed by atoms with Gasteiger partial charge in [0.05, 0.1) is 19.1 Å². The Kier molecular flexibility index (Phi) is 14.0. The van der Waals surface area contributed by atoms with E-state index in [1.54, 1.807) is 36.5 Å². The molecule has 3 rings (SSSR count). The van der Waals surface area contributed by atoms with Crippen LogP contribution in [0.25, 0.3) is 10.9 Å². The van der Waals surface area contributed by atoms with Crippen LogP contribution in [0.4, 0.5) is 0 Å². The molecule has 0 aliphatic heterocycles. The van der Waals surface area contributed by atoms with E-state index in [9.17, 15) is 38.7 Å². The van der Waals surface area contributed by atoms with Gasteiger partial charge in [0.15, 0.2) is 0 Å². The summed E-state index contributed by atoms with van der Waals surface area (Å²) in [5.41, 5.74) is 13.1. The lowest BCUT2D eigenvalue weighted by Crippen LogP contribution is -2.60. The van der Waals surface area contributed by atoms with Gasteiger partial charge in [0.1, 0.15) is 30.2 Å². The molecule has 0 bridgehead atoms. The molecule has 0 saturated heterocycles. The predicted molar refractivity (Wildman–Crippen MR) is 180 cm³/mol. The zero-order valence-electron chi connectivity index (χ0n) is 27.5. The van der Waals surface area contributed by atoms with E-state index in [1.165, 1.54) is 13.8 Å². The molecular weight excluding hydrogens is 652 g/mol. The molecule has 1 heterocycles. The number of hydrogen-bond donors (Lipinski definition) is 10. The Balaban J connectivity index is 1.71. The van der Waals surface area contributed by atoms with Crippen molar-refractivity contribution in [3.05, 3.63) is 71.9 Å². The second kappa shape index (κ2) is 18.1. The number of aliphatic carboxylic acids is 1. The summed E-state index contributed by atoms with van der Waals surface area (Å²) in [6.07, 6.45) is 0.933. The van der Waals surface area contributed by atoms with E-state index in [1.807, 2.05) is 24.3 Å². The third-order valence-electron chi connectivity index (χ3n) is 7.73. The molecule has 6 amide bonds. The van der Waals surface area contributed by atoms with Gasteiger partial charge in [-0.05, 0) is 31.0 Å². The predicted octanol–water partition coefficient (Wildman–Crippen LogP) is -2.30. The van der Waals surface area contributed by atoms with Gasteiger partial charge in [0, 0.05) is 29.9 Å². The normalized spacial score (nSPS) is 14.6. The van der Waals surface area contributed by atoms with Crippen LogP contribution in [0.1, 0.15) is 31.4 Å². The average Bonchev–Trinajstić information content (AvgIpc) is 3.48. The van der Waals surface area contributed by atoms with Crippen LogP contribution in [-0.2, 0) is 46.4 Å². The van der Waals surface area contributed by atoms with Gasteiger partial charge >= 0.3 is 5.97 Å². The van der Waals surface area contributed by atoms with Crippen LogP contribution in [0.15, 0.2) is 60.8 Å². The molecule has 6 unspecified atom stereocenters. The van der Waals surface area contributed by atoms with Crippen molar-refractivity contribution in [1.82, 2.24) is 31.6 Å². The number of fused-ring (bicyclic) bond motifs is 1. The molecule has 2 aromatic carbocycles. The maximum Gasteiger partial charge on any atom is 0.305 e. The van der Waals surface area contributed by atoms with E-state index in [0.29, 0.717) is 11.1 Å². The largest absolute Gasteiger partial charge is 0.481 e. The number of hydrogen-bond acceptors (Lipinski definition) is 9. The van der Waals surface area contributed by atoms with Crippen molar-refractivity contribution in [2.45, 2.75) is 69.4 Å². The van der Waals surface area contributed by atoms with E-state index in [4.69, 9.17) is 16.6 Å². The number of nitrogens with two attached hydrogens (primary N) is 2. The number of benzene rings is 2. The van der Waals surface area contributed by atoms with Gasteiger partial charge in [0.25, 0.3) is 0 Å². The summed E-state index contributed by atoms with van der Waals surface area (Å²) in [7, 11) is 0. The second-order valence-corrected chi connectivity index (χ2v) is 11.7. The van der Waals surface area contributed by atoms with Gasteiger partial charge in [0.2, 0.25) is 35.4 Å². The number of aliphatic hydroxyl groups excluding tert-OH is 1. The highest BCUT2D eigenvalue weighted by Gasteiger charge is 2.31. The van der Waals surface area contributed by atoms with Crippen LogP contribution in [0.2, 0.25) is 0 Å². The van der Waals surface area contributed by atoms with Crippen LogP contribution < -0.4 is 38.1 Å². The van der Waals surface area contributed by atoms with Crippen LogP contribution in [0.3, 0.4) is 0 Å². The summed E-state index contributed by atoms with van der Waals surface area (Å²) in [6.45, 7) is 1.81. The smallest absolute Gasteiger partial charge is 0.305 e. The third kappa shape index (κ3) is 11.1. The molecule has 0 saturated carbocycles. The summed E-state index contributed by atoms with van der Waals surface area (Å²) in [6, 6.07) is 7.91. The van der Waals surface area contributed by atoms with E-state index >= 15 is 0 Å². The Bertz CT molecular complexity index is 1700. The number of carboxylic acid groups (broad SMARTS) is 1. The molecule has 17 heteroatoms. The van der Waals surface area contributed by atoms with Crippen molar-refractivity contribution in [3.63, 3.8) is 0 Å². The molecule has 50 heavy (non-hydrogen) atoms. The monoisotopic (exact) mass is 694 g/mol. The summed E-state index contributed by atoms with van der Waals surface area (Å²) in [5.74, 6) is -6.39. The zero-order valence-corrected chi connectivity index (χ0v) is 27.5. The molecule has 17 nitrogen and oxygen atoms in total. The van der Waals surface area contributed by atoms with Crippen LogP contribution in [0, 0.1) is 0 Å². The number of aliphatic hydroxyl groups is 1. The summed E-state index contributed by atoms with van der Waals surface area (Å²) in [4.78, 5) is 91.1. The number of aromatic amines is 1. The van der Waals surface area contributed by atoms with Crippen molar-refractivity contribution < 1.29 is 43.8 Å². The van der Waals surface area contributed by atoms with E-state index in [2.05, 4.69) is 31.6 Å². The third-order valence-corrected chi connectivity index (χ3v) is 7.73. The minimum atomic E-state index is -1.58. The molecule has 0 aliphatic carbocycles. The first-order chi connectivity index (χ1) is 23.7. The Morgan fingerprint density at radius 2 is 1.24 bits per heavy atom. The van der Waals surface area contributed by atoms with Crippen molar-refractivity contribution in [1.29, 1.82) is 0 Å². The minimum Gasteiger partial charge on any atom is -0.481 e. The fourth-order valence-corrected chi connectivity index (χ4v) is 4.88. The standard InChI is InChI=1S/C33H42N8O9/c1-17(28(35)45)37-31(48)25(13-20-15-36-23-11-7-6-10-21(20)23)39-29(46)18(2)38-33(50)26(16-42)41-32(49)24(12-19-8-4-3-5-9-19)40-30(47)22(34)14-27(43)44/h3-11,15,17-18,22,24-26,36,42H,12-14,16,34H2,1-2H3,(H2,35,45)(H,37,48)(H,38,50)(H,39,46)(H,40,47)(H,41,49)(H,43,44). The second-order valence-electron chi connectivity index (χ2n) is 11.7. The lowest BCUT2D eigenvalue weighted by molar-refractivity contribution is -0.140. The van der Waals surface area contributed by atoms with Gasteiger partial charge < -0.3 is 53.2 Å². The first-order valence-electron chi connectivity index (χ1n) is 15.7. The highest BCUT2D eigenvalue weighted by Crippen LogP contribution is 2.19. The molecule has 3 aromatic rings. The molecule has 6 atom stereocenters. The highest BCUT2D eigenvalue weighted by atomic mass is 16.4. The quantitative estimate of drug-likeness (QED) is 0.0679. The summed E-state index contributed by atoms with van der Waals surface area (Å²) in [5, 5.41) is 31.9. The fraction of sp³-hybridized carbons (Fsp3) is 0.364. The molecular formula is C33H42N8O9. The summed E-state index contributed by atoms with van der Waals surface area (Å²) >= 11 is 0. The first kappa shape index (κ1) is 38.6. The Morgan fingerprint density at radius 1 is 0.700 bits per heavy atom. The van der Waals surface area contributed by atoms with Gasteiger partial charge in [-0.2, -0.15) is 0 Å². The number of aromatic nitrogens is 1. The SMILES string of the molecule is CC(NC(=O)C(Cc1c[nH]c2ccccc12)NC(=O)C(C)NC(=O)C(CO)NC(=O)C(Cc1ccccc1)NC(=O)C(N)CC(=O)O)C(N)=O. The Labute approximate surface area is 286 Å². The molecule has 0 radical (unpaired) electrons. The number of H-pyrrole nitrogens is 1. The first-order valence-corrected chi connectivity index (χ1v) is 15.7. The molecule has 0 fully saturated rings. The maximum absolute atomic E-state index is 13.3. The van der Waals surface area contributed by atoms with Crippen LogP contribution >= 0.6 is 0 Å². The molecule has 12 N–H and O–H groups in total. The molecule has 1 aromatic heterocycles. The number of amides is 6. The van der Waals surface area contributed by atoms with Gasteiger partial charge in [-0.25, -0.2) is 0 Å². The number of carbonyl (C=O) groups excluding carboxylic acids is 6. The topological polar surface area (TPSA) is 288 Å². The number of carboxylic acids is 1. The van der Waals surface area contributed by atoms with E-state index in [-0.39, 0.29) is 12.8 Å². The van der Waals surface area contributed by atoms with Gasteiger partial charge in [-0.15, -0.1) is 0 Å². The number of primary amides is 1. The minimum absolute atomic E-state index is 0.00764. The maximum atomic E-state index is 13.3. The van der Waals surface area contributed by atoms with Crippen LogP contribution in [-0.4, -0.2) is 99.5 Å². The number of carbonyl (C=O) groups is 7. The highest BCUT2D eigenvalue weighted by molar-refractivity contribution is 5.97. The lowest BCUT2D eigenvalue weighted by atomic mass is 10.0. The Morgan fingerprint density at radius 3 is 1.88 bits per heavy atom.